The molecule has 1 fully saturated rings. The molecule has 1 heterocycles. The largest absolute Gasteiger partial charge is 0.378 e. The molecule has 1 aliphatic carbocycles. The van der Waals surface area contributed by atoms with E-state index in [1.54, 1.807) is 12.1 Å². The summed E-state index contributed by atoms with van der Waals surface area (Å²) in [7, 11) is 0. The minimum Gasteiger partial charge on any atom is -0.378 e. The standard InChI is InChI=1S/C15H20FNOS/c1-2-18-12-8-11(9-12)17-14-5-6-19-15-4-3-10(16)7-13(14)15/h3-4,7,11-12,14,17H,2,5-6,8-9H2,1H3. The van der Waals surface area contributed by atoms with Gasteiger partial charge < -0.3 is 10.1 Å². The summed E-state index contributed by atoms with van der Waals surface area (Å²) in [6.07, 6.45) is 3.67. The fourth-order valence-electron chi connectivity index (χ4n) is 2.90. The van der Waals surface area contributed by atoms with Gasteiger partial charge in [0.25, 0.3) is 0 Å². The highest BCUT2D eigenvalue weighted by Crippen LogP contribution is 2.38. The Hall–Kier alpha value is -0.580. The van der Waals surface area contributed by atoms with E-state index in [1.165, 1.54) is 4.90 Å². The van der Waals surface area contributed by atoms with E-state index in [2.05, 4.69) is 5.32 Å². The van der Waals surface area contributed by atoms with Gasteiger partial charge >= 0.3 is 0 Å². The van der Waals surface area contributed by atoms with Crippen LogP contribution in [-0.4, -0.2) is 24.5 Å². The predicted octanol–water partition coefficient (Wildman–Crippen LogP) is 3.52. The van der Waals surface area contributed by atoms with E-state index in [-0.39, 0.29) is 5.82 Å². The van der Waals surface area contributed by atoms with Crippen molar-refractivity contribution in [1.82, 2.24) is 5.32 Å². The van der Waals surface area contributed by atoms with Crippen molar-refractivity contribution in [1.29, 1.82) is 0 Å². The molecule has 3 rings (SSSR count). The molecule has 1 atom stereocenters. The van der Waals surface area contributed by atoms with Crippen LogP contribution in [0.4, 0.5) is 4.39 Å². The monoisotopic (exact) mass is 281 g/mol. The molecule has 1 saturated carbocycles. The van der Waals surface area contributed by atoms with Crippen molar-refractivity contribution in [3.63, 3.8) is 0 Å². The SMILES string of the molecule is CCOC1CC(NC2CCSc3ccc(F)cc32)C1. The molecule has 1 N–H and O–H groups in total. The number of hydrogen-bond donors (Lipinski definition) is 1. The van der Waals surface area contributed by atoms with Gasteiger partial charge in [-0.2, -0.15) is 0 Å². The molecule has 1 aliphatic heterocycles. The summed E-state index contributed by atoms with van der Waals surface area (Å²) in [6, 6.07) is 5.99. The van der Waals surface area contributed by atoms with Gasteiger partial charge in [0.2, 0.25) is 0 Å². The van der Waals surface area contributed by atoms with Crippen LogP contribution in [0.5, 0.6) is 0 Å². The number of halogens is 1. The minimum absolute atomic E-state index is 0.131. The summed E-state index contributed by atoms with van der Waals surface area (Å²) in [5, 5.41) is 3.67. The summed E-state index contributed by atoms with van der Waals surface area (Å²) in [4.78, 5) is 1.23. The topological polar surface area (TPSA) is 21.3 Å². The number of rotatable bonds is 4. The van der Waals surface area contributed by atoms with Gasteiger partial charge in [0.15, 0.2) is 0 Å². The maximum atomic E-state index is 13.4. The molecule has 0 aromatic heterocycles. The average molecular weight is 281 g/mol. The average Bonchev–Trinajstić information content (AvgIpc) is 2.37. The van der Waals surface area contributed by atoms with E-state index < -0.39 is 0 Å². The Labute approximate surface area is 118 Å². The summed E-state index contributed by atoms with van der Waals surface area (Å²) in [6.45, 7) is 2.84. The maximum Gasteiger partial charge on any atom is 0.123 e. The number of ether oxygens (including phenoxy) is 1. The Balaban J connectivity index is 1.63. The van der Waals surface area contributed by atoms with Crippen molar-refractivity contribution < 1.29 is 9.13 Å². The van der Waals surface area contributed by atoms with Crippen molar-refractivity contribution in [3.8, 4) is 0 Å². The summed E-state index contributed by atoms with van der Waals surface area (Å²) in [5.41, 5.74) is 1.14. The Bertz CT molecular complexity index is 448. The molecule has 1 aromatic rings. The van der Waals surface area contributed by atoms with E-state index >= 15 is 0 Å². The van der Waals surface area contributed by atoms with Crippen LogP contribution >= 0.6 is 11.8 Å². The highest BCUT2D eigenvalue weighted by Gasteiger charge is 2.32. The molecule has 0 radical (unpaired) electrons. The zero-order valence-corrected chi connectivity index (χ0v) is 12.0. The van der Waals surface area contributed by atoms with Crippen LogP contribution in [-0.2, 0) is 4.74 Å². The van der Waals surface area contributed by atoms with E-state index in [1.807, 2.05) is 24.8 Å². The summed E-state index contributed by atoms with van der Waals surface area (Å²) in [5.74, 6) is 0.978. The summed E-state index contributed by atoms with van der Waals surface area (Å²) < 4.78 is 19.0. The lowest BCUT2D eigenvalue weighted by molar-refractivity contribution is -0.0126. The first-order valence-corrected chi connectivity index (χ1v) is 8.04. The molecular weight excluding hydrogens is 261 g/mol. The Kier molecular flexibility index (Phi) is 4.10. The van der Waals surface area contributed by atoms with Crippen molar-refractivity contribution >= 4 is 11.8 Å². The molecule has 19 heavy (non-hydrogen) atoms. The third kappa shape index (κ3) is 2.96. The van der Waals surface area contributed by atoms with Gasteiger partial charge in [-0.05, 0) is 55.7 Å². The van der Waals surface area contributed by atoms with Crippen LogP contribution in [0.15, 0.2) is 23.1 Å². The first kappa shape index (κ1) is 13.4. The third-order valence-electron chi connectivity index (χ3n) is 3.95. The van der Waals surface area contributed by atoms with Gasteiger partial charge in [-0.1, -0.05) is 0 Å². The highest BCUT2D eigenvalue weighted by molar-refractivity contribution is 7.99. The van der Waals surface area contributed by atoms with E-state index in [9.17, 15) is 4.39 Å². The Morgan fingerprint density at radius 3 is 3.05 bits per heavy atom. The van der Waals surface area contributed by atoms with Crippen molar-refractivity contribution in [2.24, 2.45) is 0 Å². The van der Waals surface area contributed by atoms with E-state index in [0.29, 0.717) is 18.2 Å². The van der Waals surface area contributed by atoms with Gasteiger partial charge in [-0.15, -0.1) is 11.8 Å². The van der Waals surface area contributed by atoms with E-state index in [4.69, 9.17) is 4.74 Å². The normalized spacial score (nSPS) is 29.7. The maximum absolute atomic E-state index is 13.4. The van der Waals surface area contributed by atoms with Gasteiger partial charge in [0.1, 0.15) is 5.82 Å². The number of hydrogen-bond acceptors (Lipinski definition) is 3. The van der Waals surface area contributed by atoms with Gasteiger partial charge in [0.05, 0.1) is 6.10 Å². The lowest BCUT2D eigenvalue weighted by atomic mass is 9.87. The van der Waals surface area contributed by atoms with Crippen molar-refractivity contribution in [3.05, 3.63) is 29.6 Å². The lowest BCUT2D eigenvalue weighted by Gasteiger charge is -2.39. The minimum atomic E-state index is -0.131. The molecular formula is C15H20FNOS. The molecule has 1 unspecified atom stereocenters. The second kappa shape index (κ2) is 5.81. The van der Waals surface area contributed by atoms with Crippen LogP contribution in [0.3, 0.4) is 0 Å². The zero-order valence-electron chi connectivity index (χ0n) is 11.2. The molecule has 0 saturated heterocycles. The van der Waals surface area contributed by atoms with Gasteiger partial charge in [-0.3, -0.25) is 0 Å². The van der Waals surface area contributed by atoms with Crippen LogP contribution in [0.25, 0.3) is 0 Å². The molecule has 0 spiro atoms. The second-order valence-electron chi connectivity index (χ2n) is 5.28. The molecule has 2 nitrogen and oxygen atoms in total. The molecule has 0 bridgehead atoms. The molecule has 1 aromatic carbocycles. The van der Waals surface area contributed by atoms with Crippen molar-refractivity contribution in [2.45, 2.75) is 49.3 Å². The number of fused-ring (bicyclic) bond motifs is 1. The lowest BCUT2D eigenvalue weighted by Crippen LogP contribution is -2.47. The molecule has 0 amide bonds. The van der Waals surface area contributed by atoms with Crippen LogP contribution in [0.2, 0.25) is 0 Å². The number of thioether (sulfide) groups is 1. The highest BCUT2D eigenvalue weighted by atomic mass is 32.2. The quantitative estimate of drug-likeness (QED) is 0.912. The first-order valence-electron chi connectivity index (χ1n) is 7.06. The second-order valence-corrected chi connectivity index (χ2v) is 6.42. The zero-order chi connectivity index (χ0) is 13.2. The smallest absolute Gasteiger partial charge is 0.123 e. The Morgan fingerprint density at radius 1 is 1.42 bits per heavy atom. The molecule has 4 heteroatoms. The van der Waals surface area contributed by atoms with Crippen LogP contribution in [0, 0.1) is 5.82 Å². The Morgan fingerprint density at radius 2 is 2.26 bits per heavy atom. The van der Waals surface area contributed by atoms with Gasteiger partial charge in [0, 0.05) is 23.6 Å². The van der Waals surface area contributed by atoms with Gasteiger partial charge in [-0.25, -0.2) is 4.39 Å². The van der Waals surface area contributed by atoms with Crippen molar-refractivity contribution in [2.75, 3.05) is 12.4 Å². The number of nitrogens with one attached hydrogen (secondary N) is 1. The molecule has 104 valence electrons. The van der Waals surface area contributed by atoms with E-state index in [0.717, 1.165) is 37.2 Å². The predicted molar refractivity (Wildman–Crippen MR) is 76.1 cm³/mol. The molecule has 2 aliphatic rings. The fourth-order valence-corrected chi connectivity index (χ4v) is 4.00. The third-order valence-corrected chi connectivity index (χ3v) is 5.07. The number of benzene rings is 1. The fraction of sp³-hybridized carbons (Fsp3) is 0.600. The summed E-state index contributed by atoms with van der Waals surface area (Å²) >= 11 is 1.83. The van der Waals surface area contributed by atoms with Crippen LogP contribution in [0.1, 0.15) is 37.8 Å². The van der Waals surface area contributed by atoms with Crippen LogP contribution < -0.4 is 5.32 Å². The first-order chi connectivity index (χ1) is 9.26.